The molecule has 49 heavy (non-hydrogen) atoms. The number of benzene rings is 1. The maximum Gasteiger partial charge on any atom is 0.311 e. The van der Waals surface area contributed by atoms with Crippen LogP contribution in [0.5, 0.6) is 5.75 Å². The van der Waals surface area contributed by atoms with Gasteiger partial charge in [0, 0.05) is 31.3 Å². The Labute approximate surface area is 297 Å². The third-order valence-corrected chi connectivity index (χ3v) is 9.17. The number of carboxylic acids is 1. The van der Waals surface area contributed by atoms with Gasteiger partial charge in [-0.25, -0.2) is 0 Å². The molecule has 1 aliphatic heterocycles. The van der Waals surface area contributed by atoms with E-state index in [9.17, 15) is 9.90 Å². The Morgan fingerprint density at radius 3 is 2.51 bits per heavy atom. The number of nitrogens with zero attached hydrogens (tertiary/aromatic N) is 2. The van der Waals surface area contributed by atoms with Crippen LogP contribution in [0.3, 0.4) is 0 Å². The first kappa shape index (κ1) is 41.8. The Morgan fingerprint density at radius 2 is 1.86 bits per heavy atom. The number of hydrogen-bond acceptors (Lipinski definition) is 5. The number of unbranched alkanes of at least 4 members (excludes halogenated alkanes) is 3. The van der Waals surface area contributed by atoms with E-state index in [0.717, 1.165) is 48.2 Å². The van der Waals surface area contributed by atoms with Gasteiger partial charge in [-0.1, -0.05) is 83.3 Å². The van der Waals surface area contributed by atoms with E-state index in [4.69, 9.17) is 9.47 Å². The van der Waals surface area contributed by atoms with Crippen molar-refractivity contribution in [1.82, 2.24) is 15.1 Å². The van der Waals surface area contributed by atoms with Crippen molar-refractivity contribution in [2.45, 2.75) is 143 Å². The van der Waals surface area contributed by atoms with Gasteiger partial charge < -0.3 is 19.9 Å². The average molecular weight is 678 g/mol. The lowest BCUT2D eigenvalue weighted by molar-refractivity contribution is -0.138. The first-order valence-corrected chi connectivity index (χ1v) is 19.1. The van der Waals surface area contributed by atoms with Gasteiger partial charge in [0.2, 0.25) is 0 Å². The zero-order valence-corrected chi connectivity index (χ0v) is 31.9. The van der Waals surface area contributed by atoms with Crippen molar-refractivity contribution in [2.24, 2.45) is 7.05 Å². The Balaban J connectivity index is 0.000000324. The number of aliphatic carboxylic acids is 1. The van der Waals surface area contributed by atoms with E-state index in [0.29, 0.717) is 24.9 Å². The summed E-state index contributed by atoms with van der Waals surface area (Å²) in [4.78, 5) is 11.7. The lowest BCUT2D eigenvalue weighted by atomic mass is 9.93. The summed E-state index contributed by atoms with van der Waals surface area (Å²) in [6, 6.07) is 3.78. The van der Waals surface area contributed by atoms with Crippen LogP contribution in [0.25, 0.3) is 10.9 Å². The predicted octanol–water partition coefficient (Wildman–Crippen LogP) is 10.9. The predicted molar refractivity (Wildman–Crippen MR) is 207 cm³/mol. The lowest BCUT2D eigenvalue weighted by Gasteiger charge is -2.17. The van der Waals surface area contributed by atoms with Crippen LogP contribution < -0.4 is 10.1 Å². The summed E-state index contributed by atoms with van der Waals surface area (Å²) in [7, 11) is 1.84. The molecule has 2 aromatic rings. The summed E-state index contributed by atoms with van der Waals surface area (Å²) < 4.78 is 13.5. The van der Waals surface area contributed by atoms with E-state index >= 15 is 0 Å². The molecule has 2 N–H and O–H groups in total. The van der Waals surface area contributed by atoms with E-state index in [1.807, 2.05) is 40.0 Å². The third-order valence-electron chi connectivity index (χ3n) is 9.17. The zero-order chi connectivity index (χ0) is 36.0. The van der Waals surface area contributed by atoms with Crippen LogP contribution >= 0.6 is 0 Å². The molecule has 7 nitrogen and oxygen atoms in total. The van der Waals surface area contributed by atoms with Gasteiger partial charge in [-0.15, -0.1) is 6.58 Å². The van der Waals surface area contributed by atoms with Gasteiger partial charge in [0.1, 0.15) is 5.75 Å². The second-order valence-electron chi connectivity index (χ2n) is 13.1. The summed E-state index contributed by atoms with van der Waals surface area (Å²) in [6.07, 6.45) is 25.5. The van der Waals surface area contributed by atoms with E-state index < -0.39 is 11.9 Å². The molecule has 274 valence electrons. The van der Waals surface area contributed by atoms with Crippen molar-refractivity contribution in [1.29, 1.82) is 0 Å². The van der Waals surface area contributed by atoms with E-state index in [1.54, 1.807) is 10.8 Å². The quantitative estimate of drug-likeness (QED) is 0.0928. The number of aromatic nitrogens is 2. The van der Waals surface area contributed by atoms with Crippen LogP contribution in [-0.4, -0.2) is 46.7 Å². The Hall–Kier alpha value is -3.32. The fourth-order valence-electron chi connectivity index (χ4n) is 6.40. The van der Waals surface area contributed by atoms with Gasteiger partial charge in [-0.3, -0.25) is 9.48 Å². The number of aryl methyl sites for hydroxylation is 2. The van der Waals surface area contributed by atoms with Gasteiger partial charge in [-0.05, 0) is 101 Å². The number of allylic oxidation sites excluding steroid dienone is 7. The largest absolute Gasteiger partial charge is 0.494 e. The second kappa shape index (κ2) is 23.9. The third kappa shape index (κ3) is 14.2. The lowest BCUT2D eigenvalue weighted by Crippen LogP contribution is -2.19. The first-order chi connectivity index (χ1) is 23.8. The first-order valence-electron chi connectivity index (χ1n) is 19.1. The number of ether oxygens (including phenoxy) is 2. The Morgan fingerprint density at radius 1 is 1.10 bits per heavy atom. The van der Waals surface area contributed by atoms with E-state index in [-0.39, 0.29) is 0 Å². The van der Waals surface area contributed by atoms with Gasteiger partial charge in [-0.2, -0.15) is 5.10 Å². The van der Waals surface area contributed by atoms with Crippen molar-refractivity contribution >= 4 is 16.9 Å². The normalized spacial score (nSPS) is 15.8. The summed E-state index contributed by atoms with van der Waals surface area (Å²) in [5.74, 6) is -0.817. The maximum absolute atomic E-state index is 11.7. The fourth-order valence-corrected chi connectivity index (χ4v) is 6.40. The molecule has 1 aromatic carbocycles. The van der Waals surface area contributed by atoms with Crippen LogP contribution in [0.4, 0.5) is 0 Å². The highest BCUT2D eigenvalue weighted by Gasteiger charge is 2.24. The monoisotopic (exact) mass is 678 g/mol. The van der Waals surface area contributed by atoms with Crippen molar-refractivity contribution in [3.8, 4) is 5.75 Å². The Kier molecular flexibility index (Phi) is 20.4. The van der Waals surface area contributed by atoms with Crippen molar-refractivity contribution < 1.29 is 19.4 Å². The molecule has 0 radical (unpaired) electrons. The molecule has 1 atom stereocenters. The number of carboxylic acid groups (broad SMARTS) is 1. The molecule has 4 rings (SSSR count). The molecular weight excluding hydrogens is 610 g/mol. The molecule has 7 heteroatoms. The highest BCUT2D eigenvalue weighted by Crippen LogP contribution is 2.34. The molecule has 2 aliphatic rings. The number of fused-ring (bicyclic) bond motifs is 1. The zero-order valence-electron chi connectivity index (χ0n) is 31.9. The van der Waals surface area contributed by atoms with Crippen LogP contribution in [0.1, 0.15) is 142 Å². The minimum absolute atomic E-state index is 0.368. The molecule has 1 aliphatic carbocycles. The topological polar surface area (TPSA) is 85.6 Å². The van der Waals surface area contributed by atoms with Crippen LogP contribution in [0, 0.1) is 6.92 Å². The molecule has 1 fully saturated rings. The van der Waals surface area contributed by atoms with Gasteiger partial charge in [0.05, 0.1) is 29.8 Å². The number of rotatable bonds is 18. The van der Waals surface area contributed by atoms with Gasteiger partial charge >= 0.3 is 5.97 Å². The molecule has 1 unspecified atom stereocenters. The fraction of sp³-hybridized carbons (Fsp3) is 0.619. The summed E-state index contributed by atoms with van der Waals surface area (Å²) in [6.45, 7) is 18.9. The highest BCUT2D eigenvalue weighted by molar-refractivity contribution is 5.91. The molecular formula is C42H67N3O4. The second-order valence-corrected chi connectivity index (χ2v) is 13.1. The van der Waals surface area contributed by atoms with Gasteiger partial charge in [0.25, 0.3) is 0 Å². The maximum atomic E-state index is 11.7. The summed E-state index contributed by atoms with van der Waals surface area (Å²) in [5, 5.41) is 18.4. The molecule has 0 amide bonds. The Bertz CT molecular complexity index is 1360. The molecule has 1 saturated carbocycles. The summed E-state index contributed by atoms with van der Waals surface area (Å²) >= 11 is 0. The summed E-state index contributed by atoms with van der Waals surface area (Å²) in [5.41, 5.74) is 6.78. The van der Waals surface area contributed by atoms with Gasteiger partial charge in [0.15, 0.2) is 0 Å². The smallest absolute Gasteiger partial charge is 0.311 e. The van der Waals surface area contributed by atoms with Crippen molar-refractivity contribution in [2.75, 3.05) is 19.8 Å². The van der Waals surface area contributed by atoms with E-state index in [1.165, 1.54) is 87.5 Å². The number of hydrogen-bond donors (Lipinski definition) is 2. The average Bonchev–Trinajstić information content (AvgIpc) is 3.73. The highest BCUT2D eigenvalue weighted by atomic mass is 16.5. The number of carbonyl (C=O) groups is 1. The molecule has 0 saturated heterocycles. The molecule has 1 aromatic heterocycles. The van der Waals surface area contributed by atoms with Crippen molar-refractivity contribution in [3.63, 3.8) is 0 Å². The van der Waals surface area contributed by atoms with Crippen LogP contribution in [-0.2, 0) is 16.6 Å². The number of nitrogens with one attached hydrogen (secondary N) is 1. The molecule has 0 spiro atoms. The van der Waals surface area contributed by atoms with Crippen LogP contribution in [0.2, 0.25) is 0 Å². The van der Waals surface area contributed by atoms with Crippen molar-refractivity contribution in [3.05, 3.63) is 71.1 Å². The van der Waals surface area contributed by atoms with Crippen LogP contribution in [0.15, 0.2) is 59.9 Å². The van der Waals surface area contributed by atoms with E-state index in [2.05, 4.69) is 56.0 Å². The molecule has 2 heterocycles. The molecule has 0 bridgehead atoms. The minimum Gasteiger partial charge on any atom is -0.494 e. The minimum atomic E-state index is -0.865. The standard InChI is InChI=1S/C22H37NO.C18H24N2O3.C2H6/c1-3-4-10-20(15-16-21-12-9-17-23-19(21)2)11-7-8-18-24-22-13-5-6-14-22;1-5-7-9-23-13-10-15-12(3)19-20(4)17(15)16(11-13)14(8-6-2)18(21)22;1-2/h10,15-16,22-23H,3-9,11-14,17-18H2,1-2H3;6,10-11,14H,2,5,7-9H2,1,3-4H3,(H,21,22);1-2H3/b16-15-,20-10+;;. The SMILES string of the molecule is C=CCC(C(=O)O)c1cc(OCCCC)cc2c(C)nn(C)c12.CC.CCC/C=C(/C=C\C1=C(C)NCCC1)CCCCOC1CCCC1.